The number of primary amides is 1. The fourth-order valence-corrected chi connectivity index (χ4v) is 1.64. The van der Waals surface area contributed by atoms with Crippen LogP contribution in [0.4, 0.5) is 4.79 Å². The van der Waals surface area contributed by atoms with E-state index in [1.165, 1.54) is 0 Å². The fraction of sp³-hybridized carbons (Fsp3) is 0.333. The van der Waals surface area contributed by atoms with Gasteiger partial charge in [0, 0.05) is 6.42 Å². The van der Waals surface area contributed by atoms with Gasteiger partial charge in [-0.2, -0.15) is 0 Å². The van der Waals surface area contributed by atoms with Gasteiger partial charge < -0.3 is 16.2 Å². The van der Waals surface area contributed by atoms with Crippen LogP contribution in [-0.4, -0.2) is 17.1 Å². The van der Waals surface area contributed by atoms with Crippen LogP contribution in [0.3, 0.4) is 0 Å². The molecule has 0 aliphatic heterocycles. The summed E-state index contributed by atoms with van der Waals surface area (Å²) in [6.07, 6.45) is 1.14. The molecule has 0 saturated heterocycles. The van der Waals surface area contributed by atoms with Gasteiger partial charge in [-0.1, -0.05) is 30.3 Å². The Morgan fingerprint density at radius 2 is 1.94 bits per heavy atom. The van der Waals surface area contributed by atoms with Crippen LogP contribution in [0.25, 0.3) is 0 Å². The van der Waals surface area contributed by atoms with Gasteiger partial charge in [0.25, 0.3) is 0 Å². The number of aliphatic carboxylic acids is 1. The third-order valence-electron chi connectivity index (χ3n) is 2.40. The molecule has 1 aromatic carbocycles. The summed E-state index contributed by atoms with van der Waals surface area (Å²) in [5.41, 5.74) is 6.02. The predicted octanol–water partition coefficient (Wildman–Crippen LogP) is 1.65. The van der Waals surface area contributed by atoms with Gasteiger partial charge in [-0.15, -0.1) is 0 Å². The molecule has 1 atom stereocenters. The van der Waals surface area contributed by atoms with Gasteiger partial charge in [0.1, 0.15) is 0 Å². The first-order valence-corrected chi connectivity index (χ1v) is 5.42. The van der Waals surface area contributed by atoms with Crippen molar-refractivity contribution < 1.29 is 14.7 Å². The van der Waals surface area contributed by atoms with Gasteiger partial charge in [-0.25, -0.2) is 4.79 Å². The van der Waals surface area contributed by atoms with E-state index in [4.69, 9.17) is 10.8 Å². The van der Waals surface area contributed by atoms with Gasteiger partial charge in [0.2, 0.25) is 0 Å². The molecule has 0 fully saturated rings. The summed E-state index contributed by atoms with van der Waals surface area (Å²) in [6.45, 7) is 0. The molecule has 0 aliphatic carbocycles. The molecule has 0 radical (unpaired) electrons. The van der Waals surface area contributed by atoms with Crippen LogP contribution in [0.1, 0.15) is 30.9 Å². The second kappa shape index (κ2) is 6.52. The number of carbonyl (C=O) groups excluding carboxylic acids is 1. The highest BCUT2D eigenvalue weighted by molar-refractivity contribution is 5.72. The fourth-order valence-electron chi connectivity index (χ4n) is 1.64. The lowest BCUT2D eigenvalue weighted by Gasteiger charge is -2.17. The Kier molecular flexibility index (Phi) is 5.00. The first kappa shape index (κ1) is 13.0. The summed E-state index contributed by atoms with van der Waals surface area (Å²) in [5.74, 6) is -0.837. The van der Waals surface area contributed by atoms with Gasteiger partial charge in [-0.05, 0) is 18.4 Å². The molecule has 1 aromatic rings. The number of carboxylic acids is 1. The summed E-state index contributed by atoms with van der Waals surface area (Å²) in [5, 5.41) is 11.2. The number of amides is 2. The van der Waals surface area contributed by atoms with Crippen molar-refractivity contribution in [2.24, 2.45) is 5.73 Å². The number of carbonyl (C=O) groups is 2. The van der Waals surface area contributed by atoms with Gasteiger partial charge >= 0.3 is 12.0 Å². The van der Waals surface area contributed by atoms with E-state index in [9.17, 15) is 9.59 Å². The first-order valence-electron chi connectivity index (χ1n) is 5.42. The average Bonchev–Trinajstić information content (AvgIpc) is 2.28. The molecule has 5 nitrogen and oxygen atoms in total. The van der Waals surface area contributed by atoms with Crippen molar-refractivity contribution in [3.8, 4) is 0 Å². The van der Waals surface area contributed by atoms with E-state index in [0.717, 1.165) is 5.56 Å². The Morgan fingerprint density at radius 1 is 1.29 bits per heavy atom. The molecule has 4 N–H and O–H groups in total. The number of urea groups is 1. The van der Waals surface area contributed by atoms with E-state index < -0.39 is 12.0 Å². The smallest absolute Gasteiger partial charge is 0.312 e. The first-order chi connectivity index (χ1) is 8.09. The quantitative estimate of drug-likeness (QED) is 0.701. The number of rotatable bonds is 6. The number of carboxylic acid groups (broad SMARTS) is 1. The molecule has 92 valence electrons. The molecular weight excluding hydrogens is 220 g/mol. The largest absolute Gasteiger partial charge is 0.481 e. The Hall–Kier alpha value is -2.04. The lowest BCUT2D eigenvalue weighted by molar-refractivity contribution is -0.137. The topological polar surface area (TPSA) is 92.4 Å². The van der Waals surface area contributed by atoms with Crippen molar-refractivity contribution in [3.63, 3.8) is 0 Å². The highest BCUT2D eigenvalue weighted by Crippen LogP contribution is 2.18. The third-order valence-corrected chi connectivity index (χ3v) is 2.40. The van der Waals surface area contributed by atoms with Crippen molar-refractivity contribution >= 4 is 12.0 Å². The van der Waals surface area contributed by atoms with E-state index in [-0.39, 0.29) is 12.5 Å². The zero-order valence-electron chi connectivity index (χ0n) is 9.43. The average molecular weight is 236 g/mol. The lowest BCUT2D eigenvalue weighted by Crippen LogP contribution is -2.33. The summed E-state index contributed by atoms with van der Waals surface area (Å²) in [4.78, 5) is 21.3. The van der Waals surface area contributed by atoms with Gasteiger partial charge in [0.15, 0.2) is 0 Å². The molecule has 1 unspecified atom stereocenters. The third kappa shape index (κ3) is 5.01. The van der Waals surface area contributed by atoms with E-state index in [2.05, 4.69) is 5.32 Å². The molecule has 5 heteroatoms. The minimum Gasteiger partial charge on any atom is -0.481 e. The highest BCUT2D eigenvalue weighted by atomic mass is 16.4. The van der Waals surface area contributed by atoms with Crippen LogP contribution >= 0.6 is 0 Å². The molecule has 0 aromatic heterocycles. The summed E-state index contributed by atoms with van der Waals surface area (Å²) < 4.78 is 0. The van der Waals surface area contributed by atoms with Crippen LogP contribution in [0.15, 0.2) is 30.3 Å². The molecule has 0 saturated carbocycles. The van der Waals surface area contributed by atoms with Crippen molar-refractivity contribution in [2.75, 3.05) is 0 Å². The highest BCUT2D eigenvalue weighted by Gasteiger charge is 2.12. The zero-order chi connectivity index (χ0) is 12.7. The number of benzene rings is 1. The summed E-state index contributed by atoms with van der Waals surface area (Å²) in [6, 6.07) is 8.53. The van der Waals surface area contributed by atoms with E-state index in [1.54, 1.807) is 0 Å². The minimum absolute atomic E-state index is 0.0871. The Balaban J connectivity index is 2.61. The standard InChI is InChI=1S/C12H16N2O3/c13-12(17)14-10(7-4-8-11(15)16)9-5-2-1-3-6-9/h1-3,5-6,10H,4,7-8H2,(H,15,16)(H3,13,14,17). The second-order valence-corrected chi connectivity index (χ2v) is 3.76. The van der Waals surface area contributed by atoms with Crippen LogP contribution in [0, 0.1) is 0 Å². The van der Waals surface area contributed by atoms with Crippen LogP contribution in [0.5, 0.6) is 0 Å². The Morgan fingerprint density at radius 3 is 2.47 bits per heavy atom. The predicted molar refractivity (Wildman–Crippen MR) is 63.4 cm³/mol. The van der Waals surface area contributed by atoms with Crippen molar-refractivity contribution in [3.05, 3.63) is 35.9 Å². The number of nitrogens with two attached hydrogens (primary N) is 1. The van der Waals surface area contributed by atoms with E-state index >= 15 is 0 Å². The zero-order valence-corrected chi connectivity index (χ0v) is 9.43. The van der Waals surface area contributed by atoms with Crippen molar-refractivity contribution in [1.29, 1.82) is 0 Å². The maximum atomic E-state index is 10.9. The molecule has 0 aliphatic rings. The number of hydrogen-bond donors (Lipinski definition) is 3. The van der Waals surface area contributed by atoms with E-state index in [1.807, 2.05) is 30.3 Å². The molecule has 2 amide bonds. The molecule has 0 heterocycles. The minimum atomic E-state index is -0.837. The van der Waals surface area contributed by atoms with Gasteiger partial charge in [-0.3, -0.25) is 4.79 Å². The molecule has 1 rings (SSSR count). The number of nitrogens with one attached hydrogen (secondary N) is 1. The van der Waals surface area contributed by atoms with Crippen LogP contribution in [0.2, 0.25) is 0 Å². The van der Waals surface area contributed by atoms with Crippen molar-refractivity contribution in [1.82, 2.24) is 5.32 Å². The molecule has 0 spiro atoms. The SMILES string of the molecule is NC(=O)NC(CCCC(=O)O)c1ccccc1. The summed E-state index contributed by atoms with van der Waals surface area (Å²) >= 11 is 0. The van der Waals surface area contributed by atoms with Gasteiger partial charge in [0.05, 0.1) is 6.04 Å². The lowest BCUT2D eigenvalue weighted by atomic mass is 10.0. The van der Waals surface area contributed by atoms with Crippen molar-refractivity contribution in [2.45, 2.75) is 25.3 Å². The van der Waals surface area contributed by atoms with Crippen LogP contribution < -0.4 is 11.1 Å². The molecule has 0 bridgehead atoms. The maximum Gasteiger partial charge on any atom is 0.312 e. The van der Waals surface area contributed by atoms with E-state index in [0.29, 0.717) is 12.8 Å². The van der Waals surface area contributed by atoms with Crippen LogP contribution in [-0.2, 0) is 4.79 Å². The Bertz CT molecular complexity index is 379. The molecule has 17 heavy (non-hydrogen) atoms. The monoisotopic (exact) mass is 236 g/mol. The maximum absolute atomic E-state index is 10.9. The molecular formula is C12H16N2O3. The normalized spacial score (nSPS) is 11.8. The second-order valence-electron chi connectivity index (χ2n) is 3.76. The summed E-state index contributed by atoms with van der Waals surface area (Å²) in [7, 11) is 0. The number of hydrogen-bond acceptors (Lipinski definition) is 2. The Labute approximate surface area is 99.6 Å².